The molecule has 0 aliphatic carbocycles. The second kappa shape index (κ2) is 10.3. The second-order valence-corrected chi connectivity index (χ2v) is 9.21. The lowest BCUT2D eigenvalue weighted by Crippen LogP contribution is -2.47. The molecule has 2 aromatic rings. The number of ether oxygens (including phenoxy) is 1. The number of hydrogen-bond acceptors (Lipinski definition) is 5. The van der Waals surface area contributed by atoms with E-state index >= 15 is 0 Å². The quantitative estimate of drug-likeness (QED) is 0.615. The third-order valence-electron chi connectivity index (χ3n) is 4.49. The van der Waals surface area contributed by atoms with Crippen molar-refractivity contribution >= 4 is 33.2 Å². The highest BCUT2D eigenvalue weighted by Gasteiger charge is 2.32. The molecule has 1 atom stereocenters. The van der Waals surface area contributed by atoms with E-state index in [1.807, 2.05) is 13.8 Å². The molecule has 9 heteroatoms. The molecule has 0 radical (unpaired) electrons. The third-order valence-corrected chi connectivity index (χ3v) is 5.67. The maximum absolute atomic E-state index is 13.2. The van der Waals surface area contributed by atoms with Crippen LogP contribution >= 0.6 is 0 Å². The maximum Gasteiger partial charge on any atom is 0.253 e. The van der Waals surface area contributed by atoms with Gasteiger partial charge < -0.3 is 15.4 Å². The van der Waals surface area contributed by atoms with Gasteiger partial charge in [-0.05, 0) is 44.5 Å². The molecule has 0 saturated heterocycles. The van der Waals surface area contributed by atoms with Gasteiger partial charge in [-0.15, -0.1) is 0 Å². The Morgan fingerprint density at radius 1 is 1.10 bits per heavy atom. The molecule has 2 aromatic carbocycles. The number of rotatable bonds is 9. The fourth-order valence-corrected chi connectivity index (χ4v) is 4.36. The Hall–Kier alpha value is -3.07. The molecule has 0 bridgehead atoms. The number of amides is 2. The van der Waals surface area contributed by atoms with Crippen molar-refractivity contribution < 1.29 is 22.7 Å². The van der Waals surface area contributed by atoms with Crippen molar-refractivity contribution in [3.8, 4) is 5.75 Å². The number of para-hydroxylation sites is 1. The standard InChI is InChI=1S/C22H29N3O5S/c1-6-20(25(31(5,28)29)16-10-9-11-17(14-16)30-4)22(27)24-19-13-8-7-12-18(19)21(26)23-15(2)3/h7-15,20H,6H2,1-5H3,(H,23,26)(H,24,27). The first-order valence-electron chi connectivity index (χ1n) is 9.92. The van der Waals surface area contributed by atoms with Gasteiger partial charge in [-0.1, -0.05) is 25.1 Å². The minimum atomic E-state index is -3.80. The lowest BCUT2D eigenvalue weighted by atomic mass is 10.1. The van der Waals surface area contributed by atoms with E-state index in [1.165, 1.54) is 7.11 Å². The number of benzene rings is 2. The fraction of sp³-hybridized carbons (Fsp3) is 0.364. The van der Waals surface area contributed by atoms with Crippen molar-refractivity contribution in [2.24, 2.45) is 0 Å². The predicted octanol–water partition coefficient (Wildman–Crippen LogP) is 3.02. The number of nitrogens with zero attached hydrogens (tertiary/aromatic N) is 1. The largest absolute Gasteiger partial charge is 0.497 e. The molecule has 0 heterocycles. The van der Waals surface area contributed by atoms with Gasteiger partial charge >= 0.3 is 0 Å². The fourth-order valence-electron chi connectivity index (χ4n) is 3.15. The van der Waals surface area contributed by atoms with Gasteiger partial charge in [0.2, 0.25) is 15.9 Å². The van der Waals surface area contributed by atoms with E-state index < -0.39 is 22.0 Å². The Balaban J connectivity index is 2.41. The Morgan fingerprint density at radius 2 is 1.77 bits per heavy atom. The van der Waals surface area contributed by atoms with E-state index in [0.717, 1.165) is 10.6 Å². The van der Waals surface area contributed by atoms with E-state index in [0.29, 0.717) is 22.7 Å². The Bertz CT molecular complexity index is 1040. The van der Waals surface area contributed by atoms with Crippen LogP contribution in [0.4, 0.5) is 11.4 Å². The first kappa shape index (κ1) is 24.2. The molecular weight excluding hydrogens is 418 g/mol. The van der Waals surface area contributed by atoms with E-state index in [4.69, 9.17) is 4.74 Å². The molecule has 2 amide bonds. The molecule has 0 fully saturated rings. The molecule has 168 valence electrons. The second-order valence-electron chi connectivity index (χ2n) is 7.35. The summed E-state index contributed by atoms with van der Waals surface area (Å²) in [5.41, 5.74) is 0.921. The van der Waals surface area contributed by atoms with E-state index in [-0.39, 0.29) is 18.4 Å². The first-order valence-corrected chi connectivity index (χ1v) is 11.8. The van der Waals surface area contributed by atoms with Crippen LogP contribution in [-0.4, -0.2) is 45.7 Å². The zero-order chi connectivity index (χ0) is 23.2. The van der Waals surface area contributed by atoms with Crippen LogP contribution < -0.4 is 19.7 Å². The highest BCUT2D eigenvalue weighted by molar-refractivity contribution is 7.92. The number of carbonyl (C=O) groups is 2. The highest BCUT2D eigenvalue weighted by Crippen LogP contribution is 2.27. The lowest BCUT2D eigenvalue weighted by Gasteiger charge is -2.30. The van der Waals surface area contributed by atoms with Crippen molar-refractivity contribution in [1.29, 1.82) is 0 Å². The third kappa shape index (κ3) is 6.21. The number of carbonyl (C=O) groups excluding carboxylic acids is 2. The van der Waals surface area contributed by atoms with E-state index in [2.05, 4.69) is 10.6 Å². The summed E-state index contributed by atoms with van der Waals surface area (Å²) in [5.74, 6) is -0.399. The summed E-state index contributed by atoms with van der Waals surface area (Å²) in [6.45, 7) is 5.40. The summed E-state index contributed by atoms with van der Waals surface area (Å²) in [6.07, 6.45) is 1.27. The molecule has 2 N–H and O–H groups in total. The van der Waals surface area contributed by atoms with Gasteiger partial charge in [-0.3, -0.25) is 13.9 Å². The maximum atomic E-state index is 13.2. The highest BCUT2D eigenvalue weighted by atomic mass is 32.2. The molecule has 0 aromatic heterocycles. The number of nitrogens with one attached hydrogen (secondary N) is 2. The number of methoxy groups -OCH3 is 1. The van der Waals surface area contributed by atoms with Crippen molar-refractivity contribution in [2.45, 2.75) is 39.3 Å². The van der Waals surface area contributed by atoms with Crippen LogP contribution in [0, 0.1) is 0 Å². The van der Waals surface area contributed by atoms with Crippen molar-refractivity contribution in [2.75, 3.05) is 23.0 Å². The van der Waals surface area contributed by atoms with Gasteiger partial charge in [0, 0.05) is 12.1 Å². The molecule has 2 rings (SSSR count). The summed E-state index contributed by atoms with van der Waals surface area (Å²) in [6, 6.07) is 12.0. The van der Waals surface area contributed by atoms with Gasteiger partial charge in [-0.25, -0.2) is 8.42 Å². The topological polar surface area (TPSA) is 105 Å². The molecule has 0 spiro atoms. The van der Waals surface area contributed by atoms with Crippen molar-refractivity contribution in [3.05, 3.63) is 54.1 Å². The minimum Gasteiger partial charge on any atom is -0.497 e. The lowest BCUT2D eigenvalue weighted by molar-refractivity contribution is -0.117. The van der Waals surface area contributed by atoms with Crippen LogP contribution in [-0.2, 0) is 14.8 Å². The first-order chi connectivity index (χ1) is 14.6. The Labute approximate surface area is 183 Å². The van der Waals surface area contributed by atoms with Gasteiger partial charge in [0.15, 0.2) is 0 Å². The van der Waals surface area contributed by atoms with E-state index in [9.17, 15) is 18.0 Å². The monoisotopic (exact) mass is 447 g/mol. The minimum absolute atomic E-state index is 0.0755. The zero-order valence-corrected chi connectivity index (χ0v) is 19.2. The van der Waals surface area contributed by atoms with Crippen LogP contribution in [0.5, 0.6) is 5.75 Å². The predicted molar refractivity (Wildman–Crippen MR) is 122 cm³/mol. The number of sulfonamides is 1. The van der Waals surface area contributed by atoms with Crippen LogP contribution in [0.2, 0.25) is 0 Å². The van der Waals surface area contributed by atoms with Crippen molar-refractivity contribution in [1.82, 2.24) is 5.32 Å². The summed E-state index contributed by atoms with van der Waals surface area (Å²) in [7, 11) is -2.32. The average molecular weight is 448 g/mol. The molecule has 0 saturated carbocycles. The van der Waals surface area contributed by atoms with Gasteiger partial charge in [0.1, 0.15) is 11.8 Å². The zero-order valence-electron chi connectivity index (χ0n) is 18.4. The summed E-state index contributed by atoms with van der Waals surface area (Å²) < 4.78 is 31.5. The number of anilines is 2. The molecule has 1 unspecified atom stereocenters. The Morgan fingerprint density at radius 3 is 2.35 bits per heavy atom. The molecule has 0 aliphatic rings. The SMILES string of the molecule is CCC(C(=O)Nc1ccccc1C(=O)NC(C)C)N(c1cccc(OC)c1)S(C)(=O)=O. The molecule has 8 nitrogen and oxygen atoms in total. The van der Waals surface area contributed by atoms with Crippen LogP contribution in [0.3, 0.4) is 0 Å². The van der Waals surface area contributed by atoms with Crippen LogP contribution in [0.15, 0.2) is 48.5 Å². The normalized spacial score (nSPS) is 12.2. The smallest absolute Gasteiger partial charge is 0.253 e. The van der Waals surface area contributed by atoms with Gasteiger partial charge in [0.25, 0.3) is 5.91 Å². The molecule has 31 heavy (non-hydrogen) atoms. The average Bonchev–Trinajstić information content (AvgIpc) is 2.70. The summed E-state index contributed by atoms with van der Waals surface area (Å²) in [5, 5.41) is 5.52. The molecule has 0 aliphatic heterocycles. The van der Waals surface area contributed by atoms with Crippen LogP contribution in [0.1, 0.15) is 37.6 Å². The van der Waals surface area contributed by atoms with E-state index in [1.54, 1.807) is 55.5 Å². The molecular formula is C22H29N3O5S. The van der Waals surface area contributed by atoms with Gasteiger partial charge in [0.05, 0.1) is 30.3 Å². The summed E-state index contributed by atoms with van der Waals surface area (Å²) >= 11 is 0. The summed E-state index contributed by atoms with van der Waals surface area (Å²) in [4.78, 5) is 25.7. The number of hydrogen-bond donors (Lipinski definition) is 2. The van der Waals surface area contributed by atoms with Crippen molar-refractivity contribution in [3.63, 3.8) is 0 Å². The Kier molecular flexibility index (Phi) is 8.04. The van der Waals surface area contributed by atoms with Gasteiger partial charge in [-0.2, -0.15) is 0 Å². The van der Waals surface area contributed by atoms with Crippen LogP contribution in [0.25, 0.3) is 0 Å².